The zero-order valence-corrected chi connectivity index (χ0v) is 17.2. The molecule has 1 fully saturated rings. The largest absolute Gasteiger partial charge is 0.284 e. The van der Waals surface area contributed by atoms with Crippen LogP contribution < -0.4 is 4.90 Å². The Hall–Kier alpha value is -2.90. The highest BCUT2D eigenvalue weighted by Gasteiger charge is 2.41. The molecule has 0 aromatic heterocycles. The lowest BCUT2D eigenvalue weighted by molar-refractivity contribution is -0.117. The molecular weight excluding hydrogens is 404 g/mol. The predicted octanol–water partition coefficient (Wildman–Crippen LogP) is 4.56. The van der Waals surface area contributed by atoms with E-state index in [-0.39, 0.29) is 16.0 Å². The minimum absolute atomic E-state index is 0.0971. The van der Waals surface area contributed by atoms with Gasteiger partial charge in [-0.05, 0) is 36.8 Å². The number of rotatable bonds is 4. The summed E-state index contributed by atoms with van der Waals surface area (Å²) in [6.45, 7) is 1.88. The molecule has 1 atom stereocenters. The number of carbonyl (C=O) groups excluding carboxylic acids is 1. The van der Waals surface area contributed by atoms with Crippen LogP contribution in [0.5, 0.6) is 0 Å². The van der Waals surface area contributed by atoms with Crippen molar-refractivity contribution in [1.82, 2.24) is 0 Å². The highest BCUT2D eigenvalue weighted by atomic mass is 32.2. The normalized spacial score (nSPS) is 18.4. The third-order valence-electron chi connectivity index (χ3n) is 4.49. The maximum Gasteiger partial charge on any atom is 0.284 e. The van der Waals surface area contributed by atoms with Crippen LogP contribution in [-0.2, 0) is 14.8 Å². The third kappa shape index (κ3) is 3.97. The van der Waals surface area contributed by atoms with E-state index in [4.69, 9.17) is 0 Å². The molecule has 4 rings (SSSR count). The molecule has 0 aliphatic carbocycles. The molecule has 0 radical (unpaired) electrons. The van der Waals surface area contributed by atoms with Gasteiger partial charge in [0, 0.05) is 0 Å². The molecule has 7 heteroatoms. The van der Waals surface area contributed by atoms with Gasteiger partial charge in [0.15, 0.2) is 5.17 Å². The van der Waals surface area contributed by atoms with Crippen LogP contribution in [0.1, 0.15) is 16.4 Å². The summed E-state index contributed by atoms with van der Waals surface area (Å²) in [5, 5.41) is -0.404. The van der Waals surface area contributed by atoms with Gasteiger partial charge in [0.05, 0.1) is 10.6 Å². The number of benzene rings is 3. The van der Waals surface area contributed by atoms with Crippen LogP contribution >= 0.6 is 11.8 Å². The van der Waals surface area contributed by atoms with Gasteiger partial charge in [0.1, 0.15) is 5.25 Å². The van der Waals surface area contributed by atoms with Crippen molar-refractivity contribution < 1.29 is 13.2 Å². The van der Waals surface area contributed by atoms with E-state index in [0.29, 0.717) is 5.69 Å². The molecule has 3 aromatic rings. The molecule has 1 aliphatic rings. The quantitative estimate of drug-likeness (QED) is 0.618. The van der Waals surface area contributed by atoms with E-state index >= 15 is 0 Å². The number of sulfonamides is 1. The number of thioether (sulfide) groups is 1. The van der Waals surface area contributed by atoms with Gasteiger partial charge in [-0.15, -0.1) is 4.40 Å². The van der Waals surface area contributed by atoms with Gasteiger partial charge in [-0.1, -0.05) is 78.0 Å². The van der Waals surface area contributed by atoms with E-state index in [1.54, 1.807) is 36.4 Å². The molecule has 146 valence electrons. The Bertz CT molecular complexity index is 1160. The first-order valence-electron chi connectivity index (χ1n) is 8.98. The summed E-state index contributed by atoms with van der Waals surface area (Å²) < 4.78 is 29.8. The lowest BCUT2D eigenvalue weighted by Crippen LogP contribution is -2.30. The Labute approximate surface area is 174 Å². The molecule has 1 saturated heterocycles. The van der Waals surface area contributed by atoms with E-state index < -0.39 is 15.3 Å². The Balaban J connectivity index is 1.79. The summed E-state index contributed by atoms with van der Waals surface area (Å²) in [5.74, 6) is -0.217. The SMILES string of the molecule is Cc1ccc(S(=O)(=O)/N=C2/SC(c3ccccc3)C(=O)N2c2ccccc2)cc1. The molecule has 1 aliphatic heterocycles. The first-order chi connectivity index (χ1) is 14.0. The fraction of sp³-hybridized carbons (Fsp3) is 0.0909. The smallest absolute Gasteiger partial charge is 0.272 e. The lowest BCUT2D eigenvalue weighted by atomic mass is 10.1. The van der Waals surface area contributed by atoms with Gasteiger partial charge in [-0.25, -0.2) is 0 Å². The first kappa shape index (κ1) is 19.4. The Morgan fingerprint density at radius 2 is 1.45 bits per heavy atom. The number of nitrogens with zero attached hydrogens (tertiary/aromatic N) is 2. The van der Waals surface area contributed by atoms with Crippen molar-refractivity contribution >= 4 is 38.5 Å². The molecule has 0 bridgehead atoms. The fourth-order valence-corrected chi connectivity index (χ4v) is 5.35. The number of amides is 1. The van der Waals surface area contributed by atoms with Crippen molar-refractivity contribution in [3.05, 3.63) is 96.1 Å². The summed E-state index contributed by atoms with van der Waals surface area (Å²) >= 11 is 1.15. The van der Waals surface area contributed by atoms with Crippen molar-refractivity contribution in [2.75, 3.05) is 4.90 Å². The molecule has 0 saturated carbocycles. The van der Waals surface area contributed by atoms with Crippen LogP contribution in [0, 0.1) is 6.92 Å². The summed E-state index contributed by atoms with van der Waals surface area (Å²) in [6, 6.07) is 24.8. The van der Waals surface area contributed by atoms with Crippen LogP contribution in [0.3, 0.4) is 0 Å². The number of hydrogen-bond donors (Lipinski definition) is 0. The second kappa shape index (κ2) is 7.85. The highest BCUT2D eigenvalue weighted by molar-refractivity contribution is 8.16. The molecule has 3 aromatic carbocycles. The molecule has 1 amide bonds. The van der Waals surface area contributed by atoms with Gasteiger partial charge < -0.3 is 0 Å². The highest BCUT2D eigenvalue weighted by Crippen LogP contribution is 2.42. The second-order valence-electron chi connectivity index (χ2n) is 6.58. The Morgan fingerprint density at radius 1 is 0.862 bits per heavy atom. The van der Waals surface area contributed by atoms with Gasteiger partial charge in [-0.2, -0.15) is 8.42 Å². The fourth-order valence-electron chi connectivity index (χ4n) is 3.00. The van der Waals surface area contributed by atoms with Crippen LogP contribution in [-0.4, -0.2) is 19.5 Å². The Morgan fingerprint density at radius 3 is 2.07 bits per heavy atom. The van der Waals surface area contributed by atoms with E-state index in [2.05, 4.69) is 4.40 Å². The van der Waals surface area contributed by atoms with E-state index in [9.17, 15) is 13.2 Å². The maximum absolute atomic E-state index is 13.2. The molecular formula is C22H18N2O3S2. The maximum atomic E-state index is 13.2. The summed E-state index contributed by atoms with van der Waals surface area (Å²) in [5.41, 5.74) is 2.35. The van der Waals surface area contributed by atoms with Crippen molar-refractivity contribution in [2.24, 2.45) is 4.40 Å². The van der Waals surface area contributed by atoms with Crippen molar-refractivity contribution in [3.8, 4) is 0 Å². The number of hydrogen-bond acceptors (Lipinski definition) is 4. The average molecular weight is 423 g/mol. The number of carbonyl (C=O) groups is 1. The summed E-state index contributed by atoms with van der Waals surface area (Å²) in [7, 11) is -3.96. The van der Waals surface area contributed by atoms with Crippen LogP contribution in [0.2, 0.25) is 0 Å². The van der Waals surface area contributed by atoms with E-state index in [1.165, 1.54) is 17.0 Å². The second-order valence-corrected chi connectivity index (χ2v) is 9.26. The minimum atomic E-state index is -3.96. The summed E-state index contributed by atoms with van der Waals surface area (Å²) in [4.78, 5) is 14.7. The zero-order chi connectivity index (χ0) is 20.4. The third-order valence-corrected chi connectivity index (χ3v) is 7.08. The standard InChI is InChI=1S/C22H18N2O3S2/c1-16-12-14-19(15-13-16)29(26,27)23-22-24(18-10-6-3-7-11-18)21(25)20(28-22)17-8-4-2-5-9-17/h2-15,20H,1H3/b23-22+. The molecule has 29 heavy (non-hydrogen) atoms. The molecule has 0 N–H and O–H groups in total. The van der Waals surface area contributed by atoms with Crippen LogP contribution in [0.15, 0.2) is 94.2 Å². The Kier molecular flexibility index (Phi) is 5.25. The zero-order valence-electron chi connectivity index (χ0n) is 15.6. The average Bonchev–Trinajstić information content (AvgIpc) is 3.05. The van der Waals surface area contributed by atoms with E-state index in [1.807, 2.05) is 43.3 Å². The van der Waals surface area contributed by atoms with Crippen molar-refractivity contribution in [1.29, 1.82) is 0 Å². The molecule has 1 heterocycles. The number of para-hydroxylation sites is 1. The van der Waals surface area contributed by atoms with Gasteiger partial charge in [-0.3, -0.25) is 9.69 Å². The first-order valence-corrected chi connectivity index (χ1v) is 11.3. The summed E-state index contributed by atoms with van der Waals surface area (Å²) in [6.07, 6.45) is 0. The number of amidine groups is 1. The monoisotopic (exact) mass is 422 g/mol. The minimum Gasteiger partial charge on any atom is -0.272 e. The number of anilines is 1. The molecule has 1 unspecified atom stereocenters. The van der Waals surface area contributed by atoms with E-state index in [0.717, 1.165) is 22.9 Å². The predicted molar refractivity (Wildman–Crippen MR) is 117 cm³/mol. The van der Waals surface area contributed by atoms with Crippen LogP contribution in [0.4, 0.5) is 5.69 Å². The molecule has 5 nitrogen and oxygen atoms in total. The van der Waals surface area contributed by atoms with Gasteiger partial charge in [0.2, 0.25) is 0 Å². The van der Waals surface area contributed by atoms with Crippen molar-refractivity contribution in [3.63, 3.8) is 0 Å². The van der Waals surface area contributed by atoms with Gasteiger partial charge in [0.25, 0.3) is 15.9 Å². The number of aryl methyl sites for hydroxylation is 1. The van der Waals surface area contributed by atoms with Crippen LogP contribution in [0.25, 0.3) is 0 Å². The molecule has 0 spiro atoms. The van der Waals surface area contributed by atoms with Gasteiger partial charge >= 0.3 is 0 Å². The topological polar surface area (TPSA) is 66.8 Å². The van der Waals surface area contributed by atoms with Crippen molar-refractivity contribution in [2.45, 2.75) is 17.1 Å². The lowest BCUT2D eigenvalue weighted by Gasteiger charge is -2.16.